The molecule has 4 nitrogen and oxygen atoms in total. The third-order valence-electron chi connectivity index (χ3n) is 7.10. The number of nitrogens with zero attached hydrogens (tertiary/aromatic N) is 3. The molecule has 8 rings (SSSR count). The first-order chi connectivity index (χ1) is 22.3. The molecule has 3 heterocycles. The summed E-state index contributed by atoms with van der Waals surface area (Å²) in [5, 5.41) is 4.77. The molecule has 5 heteroatoms. The fourth-order valence-electron chi connectivity index (χ4n) is 4.92. The number of ketones is 1. The Morgan fingerprint density at radius 2 is 1.02 bits per heavy atom. The van der Waals surface area contributed by atoms with Crippen molar-refractivity contribution in [1.29, 1.82) is 0 Å². The minimum atomic E-state index is -0.0226. The van der Waals surface area contributed by atoms with Crippen molar-refractivity contribution < 1.29 is 24.9 Å². The molecule has 0 N–H and O–H groups in total. The molecule has 0 aliphatic heterocycles. The second-order valence-electron chi connectivity index (χ2n) is 10.0. The molecular formula is C41H28IrN3O. The zero-order valence-electron chi connectivity index (χ0n) is 24.7. The van der Waals surface area contributed by atoms with Crippen LogP contribution in [0.1, 0.15) is 16.1 Å². The predicted molar refractivity (Wildman–Crippen MR) is 182 cm³/mol. The Bertz CT molecular complexity index is 1990. The van der Waals surface area contributed by atoms with E-state index >= 15 is 0 Å². The third kappa shape index (κ3) is 7.77. The van der Waals surface area contributed by atoms with Gasteiger partial charge in [-0.3, -0.25) is 4.79 Å². The van der Waals surface area contributed by atoms with Gasteiger partial charge in [0.05, 0.1) is 0 Å². The van der Waals surface area contributed by atoms with Gasteiger partial charge < -0.3 is 15.0 Å². The van der Waals surface area contributed by atoms with E-state index in [-0.39, 0.29) is 25.9 Å². The molecule has 0 aliphatic rings. The monoisotopic (exact) mass is 771 g/mol. The van der Waals surface area contributed by atoms with Crippen LogP contribution in [0.4, 0.5) is 0 Å². The van der Waals surface area contributed by atoms with E-state index in [2.05, 4.69) is 51.4 Å². The topological polar surface area (TPSA) is 57.0 Å². The number of carbonyl (C=O) groups is 1. The number of rotatable bonds is 4. The van der Waals surface area contributed by atoms with Crippen LogP contribution in [0.3, 0.4) is 0 Å². The molecule has 0 fully saturated rings. The molecule has 0 bridgehead atoms. The van der Waals surface area contributed by atoms with Crippen LogP contribution in [0.5, 0.6) is 0 Å². The smallest absolute Gasteiger partial charge is 0.661 e. The van der Waals surface area contributed by atoms with E-state index < -0.39 is 0 Å². The predicted octanol–water partition coefficient (Wildman–Crippen LogP) is 9.28. The molecule has 0 saturated heterocycles. The van der Waals surface area contributed by atoms with Crippen LogP contribution in [0.25, 0.3) is 44.1 Å². The van der Waals surface area contributed by atoms with Gasteiger partial charge in [-0.1, -0.05) is 96.7 Å². The largest absolute Gasteiger partial charge is 3.00 e. The molecule has 0 aliphatic carbocycles. The van der Waals surface area contributed by atoms with Gasteiger partial charge in [-0.05, 0) is 45.1 Å². The van der Waals surface area contributed by atoms with E-state index in [0.717, 1.165) is 22.5 Å². The molecule has 5 aromatic carbocycles. The van der Waals surface area contributed by atoms with Gasteiger partial charge in [0.2, 0.25) is 0 Å². The van der Waals surface area contributed by atoms with E-state index in [0.29, 0.717) is 11.3 Å². The number of carbonyl (C=O) groups excluding carboxylic acids is 1. The third-order valence-corrected chi connectivity index (χ3v) is 7.10. The Labute approximate surface area is 282 Å². The van der Waals surface area contributed by atoms with Gasteiger partial charge in [0, 0.05) is 18.0 Å². The van der Waals surface area contributed by atoms with E-state index in [4.69, 9.17) is 0 Å². The molecule has 8 aromatic rings. The van der Waals surface area contributed by atoms with Crippen LogP contribution >= 0.6 is 0 Å². The van der Waals surface area contributed by atoms with Crippen molar-refractivity contribution in [1.82, 2.24) is 15.0 Å². The Hall–Kier alpha value is -5.48. The van der Waals surface area contributed by atoms with Crippen LogP contribution in [0.2, 0.25) is 0 Å². The molecule has 46 heavy (non-hydrogen) atoms. The van der Waals surface area contributed by atoms with Crippen LogP contribution < -0.4 is 4.98 Å². The summed E-state index contributed by atoms with van der Waals surface area (Å²) in [5.41, 5.74) is 5.27. The van der Waals surface area contributed by atoms with Gasteiger partial charge in [0.15, 0.2) is 5.78 Å². The first-order valence-corrected chi connectivity index (χ1v) is 14.6. The maximum Gasteiger partial charge on any atom is 3.00 e. The van der Waals surface area contributed by atoms with Crippen molar-refractivity contribution in [2.75, 3.05) is 0 Å². The summed E-state index contributed by atoms with van der Waals surface area (Å²) in [4.78, 5) is 24.5. The normalized spacial score (nSPS) is 10.1. The first kappa shape index (κ1) is 31.9. The van der Waals surface area contributed by atoms with Gasteiger partial charge in [-0.2, -0.15) is 6.20 Å². The molecule has 0 radical (unpaired) electrons. The van der Waals surface area contributed by atoms with Gasteiger partial charge in [-0.25, -0.2) is 0 Å². The molecule has 0 amide bonds. The summed E-state index contributed by atoms with van der Waals surface area (Å²) in [6, 6.07) is 55.5. The average Bonchev–Trinajstić information content (AvgIpc) is 3.68. The van der Waals surface area contributed by atoms with Crippen molar-refractivity contribution in [3.8, 4) is 22.5 Å². The quantitative estimate of drug-likeness (QED) is 0.132. The minimum Gasteiger partial charge on any atom is -0.661 e. The zero-order chi connectivity index (χ0) is 30.7. The molecule has 3 aromatic heterocycles. The molecule has 222 valence electrons. The number of fused-ring (bicyclic) bond motifs is 2. The summed E-state index contributed by atoms with van der Waals surface area (Å²) in [6.07, 6.45) is 5.31. The summed E-state index contributed by atoms with van der Waals surface area (Å²) in [5.74, 6) is -0.0226. The van der Waals surface area contributed by atoms with Crippen molar-refractivity contribution in [2.45, 2.75) is 0 Å². The van der Waals surface area contributed by atoms with Crippen molar-refractivity contribution in [3.05, 3.63) is 194 Å². The number of pyridine rings is 2. The van der Waals surface area contributed by atoms with E-state index in [1.165, 1.54) is 21.5 Å². The second-order valence-corrected chi connectivity index (χ2v) is 10.0. The molecule has 0 spiro atoms. The summed E-state index contributed by atoms with van der Waals surface area (Å²) >= 11 is 0. The molecular weight excluding hydrogens is 743 g/mol. The van der Waals surface area contributed by atoms with E-state index in [9.17, 15) is 4.79 Å². The number of aromatic nitrogens is 3. The van der Waals surface area contributed by atoms with Crippen LogP contribution in [0.15, 0.2) is 170 Å². The number of hydrogen-bond acceptors (Lipinski definition) is 3. The number of benzene rings is 5. The maximum atomic E-state index is 11.6. The zero-order valence-corrected chi connectivity index (χ0v) is 27.1. The molecule has 0 unspecified atom stereocenters. The maximum absolute atomic E-state index is 11.6. The SMILES string of the molecule is O=C(c1ccccc1)c1ccc[n-]1.[Ir+3].[c-]1ccccc1-c1nccc2ccccc12.[c-]1ccccc1-c1nccc2ccccc12. The van der Waals surface area contributed by atoms with Gasteiger partial charge in [0.1, 0.15) is 0 Å². The minimum absolute atomic E-state index is 0. The first-order valence-electron chi connectivity index (χ1n) is 14.6. The van der Waals surface area contributed by atoms with Crippen molar-refractivity contribution in [2.24, 2.45) is 0 Å². The van der Waals surface area contributed by atoms with Crippen molar-refractivity contribution >= 4 is 27.3 Å². The van der Waals surface area contributed by atoms with E-state index in [1.54, 1.807) is 30.5 Å². The average molecular weight is 771 g/mol. The summed E-state index contributed by atoms with van der Waals surface area (Å²) < 4.78 is 0. The Kier molecular flexibility index (Phi) is 11.1. The Balaban J connectivity index is 0.000000135. The van der Waals surface area contributed by atoms with Gasteiger partial charge in [-0.15, -0.1) is 71.8 Å². The Morgan fingerprint density at radius 1 is 0.522 bits per heavy atom. The summed E-state index contributed by atoms with van der Waals surface area (Å²) in [6.45, 7) is 0. The Morgan fingerprint density at radius 3 is 1.50 bits per heavy atom. The standard InChI is InChI=1S/2C15H10N.C11H9NO.Ir/c2*1-2-7-13(8-3-1)15-14-9-5-4-6-12(14)10-11-16-15;13-11(10-7-4-8-12-10)9-5-2-1-3-6-9;/h2*1-7,9-11H;1-8H,(H,12,13);/q2*-1;;+3/p-1. The van der Waals surface area contributed by atoms with Gasteiger partial charge in [0.25, 0.3) is 0 Å². The van der Waals surface area contributed by atoms with Crippen LogP contribution in [-0.2, 0) is 20.1 Å². The molecule has 0 atom stereocenters. The molecule has 0 saturated carbocycles. The van der Waals surface area contributed by atoms with Crippen LogP contribution in [0, 0.1) is 12.1 Å². The second kappa shape index (κ2) is 16.0. The van der Waals surface area contributed by atoms with Crippen molar-refractivity contribution in [3.63, 3.8) is 0 Å². The van der Waals surface area contributed by atoms with E-state index in [1.807, 2.05) is 116 Å². The van der Waals surface area contributed by atoms with Crippen LogP contribution in [-0.4, -0.2) is 15.8 Å². The fraction of sp³-hybridized carbons (Fsp3) is 0. The fourth-order valence-corrected chi connectivity index (χ4v) is 4.92. The van der Waals surface area contributed by atoms with Gasteiger partial charge >= 0.3 is 20.1 Å². The summed E-state index contributed by atoms with van der Waals surface area (Å²) in [7, 11) is 0. The number of hydrogen-bond donors (Lipinski definition) is 0.